The number of urea groups is 1. The van der Waals surface area contributed by atoms with E-state index in [4.69, 9.17) is 9.47 Å². The molecule has 2 aromatic carbocycles. The van der Waals surface area contributed by atoms with Crippen molar-refractivity contribution in [3.63, 3.8) is 0 Å². The van der Waals surface area contributed by atoms with Gasteiger partial charge >= 0.3 is 12.0 Å². The Hall–Kier alpha value is -3.55. The van der Waals surface area contributed by atoms with Crippen molar-refractivity contribution in [3.8, 4) is 11.5 Å². The summed E-state index contributed by atoms with van der Waals surface area (Å²) >= 11 is 0. The highest BCUT2D eigenvalue weighted by molar-refractivity contribution is 5.89. The zero-order valence-electron chi connectivity index (χ0n) is 17.0. The van der Waals surface area contributed by atoms with Crippen molar-refractivity contribution in [3.05, 3.63) is 54.1 Å². The Bertz CT molecular complexity index is 896. The summed E-state index contributed by atoms with van der Waals surface area (Å²) in [5.74, 6) is 0.906. The number of hydrogen-bond donors (Lipinski definition) is 2. The molecule has 1 aliphatic heterocycles. The summed E-state index contributed by atoms with van der Waals surface area (Å²) in [5, 5.41) is 5.39. The predicted octanol–water partition coefficient (Wildman–Crippen LogP) is 3.28. The van der Waals surface area contributed by atoms with E-state index in [0.717, 1.165) is 5.56 Å². The molecule has 1 atom stereocenters. The number of ether oxygens (including phenoxy) is 2. The van der Waals surface area contributed by atoms with Crippen LogP contribution in [-0.4, -0.2) is 42.0 Å². The van der Waals surface area contributed by atoms with E-state index in [-0.39, 0.29) is 30.4 Å². The molecule has 3 amide bonds. The van der Waals surface area contributed by atoms with Crippen molar-refractivity contribution in [1.82, 2.24) is 10.2 Å². The molecule has 0 spiro atoms. The number of nitrogens with one attached hydrogen (secondary N) is 2. The third-order valence-electron chi connectivity index (χ3n) is 4.49. The molecule has 0 saturated carbocycles. The van der Waals surface area contributed by atoms with Crippen LogP contribution in [0.5, 0.6) is 11.5 Å². The quantitative estimate of drug-likeness (QED) is 0.682. The molecule has 0 radical (unpaired) electrons. The number of carbonyl (C=O) groups excluding carboxylic acids is 3. The summed E-state index contributed by atoms with van der Waals surface area (Å²) in [5.41, 5.74) is 1.63. The van der Waals surface area contributed by atoms with Crippen LogP contribution in [0, 0.1) is 0 Å². The van der Waals surface area contributed by atoms with Crippen LogP contribution < -0.4 is 15.4 Å². The van der Waals surface area contributed by atoms with E-state index in [1.807, 2.05) is 31.2 Å². The average molecular weight is 411 g/mol. The molecule has 30 heavy (non-hydrogen) atoms. The summed E-state index contributed by atoms with van der Waals surface area (Å²) in [4.78, 5) is 36.4. The second-order valence-electron chi connectivity index (χ2n) is 6.96. The fraction of sp³-hybridized carbons (Fsp3) is 0.318. The Balaban J connectivity index is 1.53. The maximum atomic E-state index is 12.1. The zero-order chi connectivity index (χ0) is 21.5. The highest BCUT2D eigenvalue weighted by Crippen LogP contribution is 2.24. The van der Waals surface area contributed by atoms with Crippen LogP contribution in [0.3, 0.4) is 0 Å². The lowest BCUT2D eigenvalue weighted by atomic mass is 10.2. The standard InChI is InChI=1S/C22H25N3O5/c1-3-23-22(28)24-17-6-10-19(11-7-17)30-18-8-4-16(5-9-18)13-25-14-20(12-21(25)27)29-15(2)26/h4-11,20H,3,12-14H2,1-2H3,(H2,23,24,28). The van der Waals surface area contributed by atoms with Crippen LogP contribution in [0.2, 0.25) is 0 Å². The van der Waals surface area contributed by atoms with Gasteiger partial charge in [0.15, 0.2) is 0 Å². The third kappa shape index (κ3) is 5.97. The van der Waals surface area contributed by atoms with Gasteiger partial charge < -0.3 is 25.0 Å². The van der Waals surface area contributed by atoms with Gasteiger partial charge in [-0.1, -0.05) is 12.1 Å². The zero-order valence-corrected chi connectivity index (χ0v) is 17.0. The largest absolute Gasteiger partial charge is 0.460 e. The van der Waals surface area contributed by atoms with Crippen LogP contribution in [0.1, 0.15) is 25.8 Å². The molecule has 2 aromatic rings. The highest BCUT2D eigenvalue weighted by atomic mass is 16.5. The summed E-state index contributed by atoms with van der Waals surface area (Å²) in [7, 11) is 0. The van der Waals surface area contributed by atoms with Crippen molar-refractivity contribution in [2.45, 2.75) is 32.9 Å². The number of hydrogen-bond acceptors (Lipinski definition) is 5. The Morgan fingerprint density at radius 2 is 1.70 bits per heavy atom. The molecule has 0 aliphatic carbocycles. The Labute approximate surface area is 175 Å². The minimum atomic E-state index is -0.372. The number of esters is 1. The topological polar surface area (TPSA) is 97.0 Å². The van der Waals surface area contributed by atoms with Gasteiger partial charge in [-0.2, -0.15) is 0 Å². The van der Waals surface area contributed by atoms with Gasteiger partial charge in [-0.15, -0.1) is 0 Å². The molecule has 2 N–H and O–H groups in total. The first-order valence-electron chi connectivity index (χ1n) is 9.79. The van der Waals surface area contributed by atoms with E-state index in [2.05, 4.69) is 10.6 Å². The summed E-state index contributed by atoms with van der Waals surface area (Å²) < 4.78 is 11.0. The van der Waals surface area contributed by atoms with E-state index in [9.17, 15) is 14.4 Å². The second-order valence-corrected chi connectivity index (χ2v) is 6.96. The number of anilines is 1. The SMILES string of the molecule is CCNC(=O)Nc1ccc(Oc2ccc(CN3CC(OC(C)=O)CC3=O)cc2)cc1. The summed E-state index contributed by atoms with van der Waals surface area (Å²) in [6.07, 6.45) is -0.144. The first-order valence-corrected chi connectivity index (χ1v) is 9.79. The lowest BCUT2D eigenvalue weighted by Crippen LogP contribution is -2.28. The van der Waals surface area contributed by atoms with E-state index in [1.165, 1.54) is 6.92 Å². The van der Waals surface area contributed by atoms with Crippen LogP contribution >= 0.6 is 0 Å². The fourth-order valence-electron chi connectivity index (χ4n) is 3.16. The summed E-state index contributed by atoms with van der Waals surface area (Å²) in [6, 6.07) is 14.3. The Morgan fingerprint density at radius 3 is 2.30 bits per heavy atom. The number of benzene rings is 2. The number of rotatable bonds is 7. The van der Waals surface area contributed by atoms with Gasteiger partial charge in [0, 0.05) is 25.7 Å². The maximum absolute atomic E-state index is 12.1. The molecule has 1 fully saturated rings. The number of amides is 3. The molecule has 1 unspecified atom stereocenters. The second kappa shape index (κ2) is 9.78. The van der Waals surface area contributed by atoms with Gasteiger partial charge in [0.1, 0.15) is 17.6 Å². The van der Waals surface area contributed by atoms with Crippen LogP contribution in [-0.2, 0) is 20.9 Å². The molecule has 1 saturated heterocycles. The molecule has 0 bridgehead atoms. The van der Waals surface area contributed by atoms with Gasteiger partial charge in [0.05, 0.1) is 13.0 Å². The summed E-state index contributed by atoms with van der Waals surface area (Å²) in [6.45, 7) is 4.62. The third-order valence-corrected chi connectivity index (χ3v) is 4.49. The molecule has 1 aliphatic rings. The fourth-order valence-corrected chi connectivity index (χ4v) is 3.16. The van der Waals surface area contributed by atoms with Crippen molar-refractivity contribution in [2.24, 2.45) is 0 Å². The van der Waals surface area contributed by atoms with Gasteiger partial charge in [-0.05, 0) is 48.9 Å². The molecular weight excluding hydrogens is 386 g/mol. The van der Waals surface area contributed by atoms with Crippen molar-refractivity contribution in [2.75, 3.05) is 18.4 Å². The van der Waals surface area contributed by atoms with Gasteiger partial charge in [-0.25, -0.2) is 4.79 Å². The van der Waals surface area contributed by atoms with Crippen molar-refractivity contribution >= 4 is 23.6 Å². The minimum absolute atomic E-state index is 0.0251. The monoisotopic (exact) mass is 411 g/mol. The number of carbonyl (C=O) groups is 3. The lowest BCUT2D eigenvalue weighted by molar-refractivity contribution is -0.145. The van der Waals surface area contributed by atoms with Crippen molar-refractivity contribution in [1.29, 1.82) is 0 Å². The van der Waals surface area contributed by atoms with E-state index in [1.54, 1.807) is 29.2 Å². The average Bonchev–Trinajstić information content (AvgIpc) is 3.03. The number of likely N-dealkylation sites (tertiary alicyclic amines) is 1. The molecule has 8 nitrogen and oxygen atoms in total. The van der Waals surface area contributed by atoms with Gasteiger partial charge in [-0.3, -0.25) is 9.59 Å². The molecule has 3 rings (SSSR count). The normalized spacial score (nSPS) is 15.6. The van der Waals surface area contributed by atoms with Crippen LogP contribution in [0.4, 0.5) is 10.5 Å². The maximum Gasteiger partial charge on any atom is 0.319 e. The van der Waals surface area contributed by atoms with E-state index >= 15 is 0 Å². The van der Waals surface area contributed by atoms with Crippen LogP contribution in [0.25, 0.3) is 0 Å². The first kappa shape index (κ1) is 21.2. The minimum Gasteiger partial charge on any atom is -0.460 e. The number of nitrogens with zero attached hydrogens (tertiary/aromatic N) is 1. The molecule has 0 aromatic heterocycles. The highest BCUT2D eigenvalue weighted by Gasteiger charge is 2.31. The molecule has 8 heteroatoms. The van der Waals surface area contributed by atoms with Crippen molar-refractivity contribution < 1.29 is 23.9 Å². The predicted molar refractivity (Wildman–Crippen MR) is 111 cm³/mol. The molecule has 1 heterocycles. The Kier molecular flexibility index (Phi) is 6.90. The Morgan fingerprint density at radius 1 is 1.07 bits per heavy atom. The van der Waals surface area contributed by atoms with E-state index < -0.39 is 0 Å². The molecular formula is C22H25N3O5. The molecule has 158 valence electrons. The smallest absolute Gasteiger partial charge is 0.319 e. The first-order chi connectivity index (χ1) is 14.4. The van der Waals surface area contributed by atoms with Crippen LogP contribution in [0.15, 0.2) is 48.5 Å². The van der Waals surface area contributed by atoms with Gasteiger partial charge in [0.25, 0.3) is 0 Å². The lowest BCUT2D eigenvalue weighted by Gasteiger charge is -2.17. The van der Waals surface area contributed by atoms with E-state index in [0.29, 0.717) is 36.8 Å². The van der Waals surface area contributed by atoms with Gasteiger partial charge in [0.2, 0.25) is 5.91 Å².